The van der Waals surface area contributed by atoms with Gasteiger partial charge in [0.25, 0.3) is 0 Å². The molecule has 0 aliphatic heterocycles. The molecule has 0 amide bonds. The first-order valence-electron chi connectivity index (χ1n) is 9.42. The predicted molar refractivity (Wildman–Crippen MR) is 115 cm³/mol. The Morgan fingerprint density at radius 3 is 2.70 bits per heavy atom. The third-order valence-electron chi connectivity index (χ3n) is 4.75. The summed E-state index contributed by atoms with van der Waals surface area (Å²) < 4.78 is 5.23. The molecule has 1 aliphatic carbocycles. The normalized spacial score (nSPS) is 15.9. The van der Waals surface area contributed by atoms with Gasteiger partial charge in [-0.25, -0.2) is 4.98 Å². The van der Waals surface area contributed by atoms with Crippen molar-refractivity contribution < 1.29 is 4.74 Å². The number of rotatable bonds is 6. The fourth-order valence-electron chi connectivity index (χ4n) is 3.29. The van der Waals surface area contributed by atoms with Crippen molar-refractivity contribution >= 4 is 22.7 Å². The van der Waals surface area contributed by atoms with Crippen LogP contribution in [0.15, 0.2) is 53.6 Å². The third-order valence-corrected chi connectivity index (χ3v) is 5.65. The van der Waals surface area contributed by atoms with Gasteiger partial charge < -0.3 is 10.1 Å². The van der Waals surface area contributed by atoms with Gasteiger partial charge in [-0.15, -0.1) is 11.3 Å². The molecule has 0 radical (unpaired) electrons. The highest BCUT2D eigenvalue weighted by molar-refractivity contribution is 7.11. The molecule has 1 heterocycles. The maximum absolute atomic E-state index is 5.23. The second-order valence-corrected chi connectivity index (χ2v) is 7.62. The summed E-state index contributed by atoms with van der Waals surface area (Å²) in [5.74, 6) is 1.80. The monoisotopic (exact) mass is 381 g/mol. The van der Waals surface area contributed by atoms with Gasteiger partial charge in [0.2, 0.25) is 0 Å². The van der Waals surface area contributed by atoms with Crippen LogP contribution in [0.2, 0.25) is 0 Å². The van der Waals surface area contributed by atoms with Crippen molar-refractivity contribution in [1.29, 1.82) is 0 Å². The van der Waals surface area contributed by atoms with E-state index in [2.05, 4.69) is 16.9 Å². The lowest BCUT2D eigenvalue weighted by molar-refractivity contribution is 0.415. The van der Waals surface area contributed by atoms with E-state index >= 15 is 0 Å². The standard InChI is InChI=1S/C22H27N3OS/c1-16(13-14-23-17(2)25-19-7-5-4-6-8-19)22-21(24-15-27-22)18-9-11-20(26-3)12-10-18/h9-15,19H,1,4-8H2,2-3H3,(H,23,25)/b14-13-. The number of aromatic nitrogens is 1. The fraction of sp³-hybridized carbons (Fsp3) is 0.364. The van der Waals surface area contributed by atoms with Crippen molar-refractivity contribution in [2.45, 2.75) is 45.1 Å². The number of aliphatic imine (C=N–C) groups is 1. The molecule has 1 N–H and O–H groups in total. The second-order valence-electron chi connectivity index (χ2n) is 6.77. The first-order chi connectivity index (χ1) is 13.2. The number of benzene rings is 1. The topological polar surface area (TPSA) is 46.5 Å². The number of amidine groups is 1. The minimum atomic E-state index is 0.478. The number of hydrogen-bond donors (Lipinski definition) is 1. The molecule has 1 aromatic heterocycles. The first-order valence-corrected chi connectivity index (χ1v) is 10.3. The van der Waals surface area contributed by atoms with E-state index in [-0.39, 0.29) is 0 Å². The van der Waals surface area contributed by atoms with Crippen LogP contribution in [-0.4, -0.2) is 24.0 Å². The maximum atomic E-state index is 5.23. The summed E-state index contributed by atoms with van der Waals surface area (Å²) in [6, 6.07) is 8.42. The molecule has 0 spiro atoms. The minimum absolute atomic E-state index is 0.478. The van der Waals surface area contributed by atoms with E-state index in [9.17, 15) is 0 Å². The number of nitrogens with one attached hydrogen (secondary N) is 1. The summed E-state index contributed by atoms with van der Waals surface area (Å²) in [5.41, 5.74) is 4.80. The van der Waals surface area contributed by atoms with Gasteiger partial charge in [-0.2, -0.15) is 0 Å². The second kappa shape index (κ2) is 9.51. The third kappa shape index (κ3) is 5.30. The van der Waals surface area contributed by atoms with Crippen LogP contribution in [0.25, 0.3) is 16.8 Å². The summed E-state index contributed by atoms with van der Waals surface area (Å²) in [5, 5.41) is 3.27. The highest BCUT2D eigenvalue weighted by Crippen LogP contribution is 2.32. The van der Waals surface area contributed by atoms with Crippen LogP contribution in [-0.2, 0) is 0 Å². The van der Waals surface area contributed by atoms with Crippen molar-refractivity contribution in [3.63, 3.8) is 0 Å². The first kappa shape index (κ1) is 19.4. The zero-order chi connectivity index (χ0) is 19.1. The predicted octanol–water partition coefficient (Wildman–Crippen LogP) is 5.69. The van der Waals surface area contributed by atoms with Crippen LogP contribution in [0.1, 0.15) is 43.9 Å². The molecule has 1 saturated carbocycles. The summed E-state index contributed by atoms with van der Waals surface area (Å²) in [6.45, 7) is 6.23. The lowest BCUT2D eigenvalue weighted by atomic mass is 9.96. The SMILES string of the molecule is C=C(/C=C\NC(C)=NC1CCCCC1)c1scnc1-c1ccc(OC)cc1. The molecule has 2 aromatic rings. The molecule has 3 rings (SSSR count). The van der Waals surface area contributed by atoms with E-state index in [0.29, 0.717) is 6.04 Å². The molecule has 1 fully saturated rings. The molecule has 1 aromatic carbocycles. The van der Waals surface area contributed by atoms with E-state index in [1.54, 1.807) is 18.4 Å². The van der Waals surface area contributed by atoms with Crippen molar-refractivity contribution in [3.8, 4) is 17.0 Å². The van der Waals surface area contributed by atoms with Crippen LogP contribution >= 0.6 is 11.3 Å². The van der Waals surface area contributed by atoms with Gasteiger partial charge >= 0.3 is 0 Å². The average molecular weight is 382 g/mol. The van der Waals surface area contributed by atoms with E-state index < -0.39 is 0 Å². The van der Waals surface area contributed by atoms with Gasteiger partial charge in [0.1, 0.15) is 5.75 Å². The minimum Gasteiger partial charge on any atom is -0.497 e. The quantitative estimate of drug-likeness (QED) is 0.397. The summed E-state index contributed by atoms with van der Waals surface area (Å²) in [6.07, 6.45) is 10.3. The molecule has 0 bridgehead atoms. The van der Waals surface area contributed by atoms with Crippen molar-refractivity contribution in [3.05, 3.63) is 53.5 Å². The largest absolute Gasteiger partial charge is 0.497 e. The number of methoxy groups -OCH3 is 1. The van der Waals surface area contributed by atoms with Gasteiger partial charge in [-0.3, -0.25) is 4.99 Å². The number of hydrogen-bond acceptors (Lipinski definition) is 4. The van der Waals surface area contributed by atoms with Crippen molar-refractivity contribution in [2.24, 2.45) is 4.99 Å². The number of thiazole rings is 1. The molecular weight excluding hydrogens is 354 g/mol. The summed E-state index contributed by atoms with van der Waals surface area (Å²) in [7, 11) is 1.67. The Hall–Kier alpha value is -2.40. The van der Waals surface area contributed by atoms with Crippen molar-refractivity contribution in [2.75, 3.05) is 7.11 Å². The maximum Gasteiger partial charge on any atom is 0.118 e. The van der Waals surface area contributed by atoms with Crippen LogP contribution in [0.4, 0.5) is 0 Å². The van der Waals surface area contributed by atoms with E-state index in [1.807, 2.05) is 49.0 Å². The van der Waals surface area contributed by atoms with Crippen LogP contribution < -0.4 is 10.1 Å². The number of nitrogens with zero attached hydrogens (tertiary/aromatic N) is 2. The molecule has 0 unspecified atom stereocenters. The Labute approximate surface area is 165 Å². The van der Waals surface area contributed by atoms with Crippen LogP contribution in [0.5, 0.6) is 5.75 Å². The zero-order valence-corrected chi connectivity index (χ0v) is 16.9. The summed E-state index contributed by atoms with van der Waals surface area (Å²) >= 11 is 1.60. The molecule has 5 heteroatoms. The molecule has 4 nitrogen and oxygen atoms in total. The van der Waals surface area contributed by atoms with Gasteiger partial charge in [-0.1, -0.05) is 25.8 Å². The van der Waals surface area contributed by atoms with Gasteiger partial charge in [0.15, 0.2) is 0 Å². The van der Waals surface area contributed by atoms with Crippen LogP contribution in [0.3, 0.4) is 0 Å². The Morgan fingerprint density at radius 2 is 2.00 bits per heavy atom. The van der Waals surface area contributed by atoms with Gasteiger partial charge in [0, 0.05) is 11.8 Å². The molecule has 27 heavy (non-hydrogen) atoms. The number of ether oxygens (including phenoxy) is 1. The Balaban J connectivity index is 1.63. The molecule has 142 valence electrons. The Morgan fingerprint density at radius 1 is 1.26 bits per heavy atom. The Kier molecular flexibility index (Phi) is 6.82. The van der Waals surface area contributed by atoms with E-state index in [1.165, 1.54) is 32.1 Å². The molecule has 1 aliphatic rings. The lowest BCUT2D eigenvalue weighted by Crippen LogP contribution is -2.18. The molecule has 0 saturated heterocycles. The fourth-order valence-corrected chi connectivity index (χ4v) is 4.05. The van der Waals surface area contributed by atoms with E-state index in [0.717, 1.165) is 33.3 Å². The zero-order valence-electron chi connectivity index (χ0n) is 16.1. The molecular formula is C22H27N3OS. The van der Waals surface area contributed by atoms with Gasteiger partial charge in [0.05, 0.1) is 35.1 Å². The smallest absolute Gasteiger partial charge is 0.118 e. The van der Waals surface area contributed by atoms with Crippen molar-refractivity contribution in [1.82, 2.24) is 10.3 Å². The van der Waals surface area contributed by atoms with E-state index in [4.69, 9.17) is 9.73 Å². The highest BCUT2D eigenvalue weighted by atomic mass is 32.1. The average Bonchev–Trinajstić information content (AvgIpc) is 3.18. The van der Waals surface area contributed by atoms with Gasteiger partial charge in [-0.05, 0) is 55.7 Å². The lowest BCUT2D eigenvalue weighted by Gasteiger charge is -2.18. The molecule has 0 atom stereocenters. The highest BCUT2D eigenvalue weighted by Gasteiger charge is 2.12. The number of allylic oxidation sites excluding steroid dienone is 2. The Bertz CT molecular complexity index is 814. The van der Waals surface area contributed by atoms with Crippen LogP contribution in [0, 0.1) is 0 Å². The summed E-state index contributed by atoms with van der Waals surface area (Å²) in [4.78, 5) is 10.4.